The van der Waals surface area contributed by atoms with Crippen molar-refractivity contribution in [2.75, 3.05) is 14.2 Å². The third kappa shape index (κ3) is 3.30. The summed E-state index contributed by atoms with van der Waals surface area (Å²) in [5.74, 6) is -0.662. The summed E-state index contributed by atoms with van der Waals surface area (Å²) in [6, 6.07) is 10.3. The zero-order valence-electron chi connectivity index (χ0n) is 15.6. The molecule has 0 aliphatic rings. The predicted molar refractivity (Wildman–Crippen MR) is 105 cm³/mol. The van der Waals surface area contributed by atoms with E-state index in [-0.39, 0.29) is 11.8 Å². The van der Waals surface area contributed by atoms with Gasteiger partial charge in [0, 0.05) is 27.2 Å². The summed E-state index contributed by atoms with van der Waals surface area (Å²) in [6.45, 7) is 3.63. The number of nitrogens with one attached hydrogen (secondary N) is 1. The van der Waals surface area contributed by atoms with Crippen LogP contribution in [-0.4, -0.2) is 31.0 Å². The van der Waals surface area contributed by atoms with Crippen molar-refractivity contribution in [3.8, 4) is 5.75 Å². The van der Waals surface area contributed by atoms with Gasteiger partial charge in [0.05, 0.1) is 25.7 Å². The molecule has 0 saturated heterocycles. The van der Waals surface area contributed by atoms with Crippen molar-refractivity contribution in [2.45, 2.75) is 19.8 Å². The first-order chi connectivity index (χ1) is 12.9. The van der Waals surface area contributed by atoms with Gasteiger partial charge in [0.25, 0.3) is 0 Å². The molecule has 1 N–H and O–H groups in total. The standard InChI is InChI=1S/C21H20ClNO4/c1-11(21(25)27-4)17-12(2)23-15-9-10-16(26-3)19(18(15)17)20(24)13-5-7-14(22)8-6-13/h5-11,23H,1-4H3. The second-order valence-electron chi connectivity index (χ2n) is 6.31. The fourth-order valence-corrected chi connectivity index (χ4v) is 3.53. The van der Waals surface area contributed by atoms with Crippen molar-refractivity contribution >= 4 is 34.3 Å². The first-order valence-corrected chi connectivity index (χ1v) is 8.84. The SMILES string of the molecule is COC(=O)C(C)c1c(C)[nH]c2ccc(OC)c(C(=O)c3ccc(Cl)cc3)c12. The van der Waals surface area contributed by atoms with Gasteiger partial charge in [0.1, 0.15) is 5.75 Å². The van der Waals surface area contributed by atoms with Crippen molar-refractivity contribution in [3.05, 3.63) is 63.8 Å². The van der Waals surface area contributed by atoms with E-state index in [0.29, 0.717) is 27.3 Å². The van der Waals surface area contributed by atoms with Crippen molar-refractivity contribution in [2.24, 2.45) is 0 Å². The van der Waals surface area contributed by atoms with E-state index in [1.807, 2.05) is 13.0 Å². The number of rotatable bonds is 5. The van der Waals surface area contributed by atoms with Crippen molar-refractivity contribution in [1.82, 2.24) is 4.98 Å². The molecular formula is C21H20ClNO4. The van der Waals surface area contributed by atoms with Gasteiger partial charge in [-0.1, -0.05) is 11.6 Å². The Bertz CT molecular complexity index is 1020. The molecule has 0 spiro atoms. The number of H-pyrrole nitrogens is 1. The number of fused-ring (bicyclic) bond motifs is 1. The monoisotopic (exact) mass is 385 g/mol. The quantitative estimate of drug-likeness (QED) is 0.513. The van der Waals surface area contributed by atoms with E-state index in [1.54, 1.807) is 37.3 Å². The number of hydrogen-bond donors (Lipinski definition) is 1. The van der Waals surface area contributed by atoms with Gasteiger partial charge in [-0.15, -0.1) is 0 Å². The summed E-state index contributed by atoms with van der Waals surface area (Å²) in [5, 5.41) is 1.22. The van der Waals surface area contributed by atoms with Crippen LogP contribution in [0.15, 0.2) is 36.4 Å². The molecule has 1 unspecified atom stereocenters. The Morgan fingerprint density at radius 3 is 2.33 bits per heavy atom. The van der Waals surface area contributed by atoms with Crippen molar-refractivity contribution in [1.29, 1.82) is 0 Å². The lowest BCUT2D eigenvalue weighted by atomic mass is 9.91. The number of ketones is 1. The minimum Gasteiger partial charge on any atom is -0.496 e. The Hall–Kier alpha value is -2.79. The molecule has 0 fully saturated rings. The van der Waals surface area contributed by atoms with Gasteiger partial charge in [-0.25, -0.2) is 0 Å². The smallest absolute Gasteiger partial charge is 0.312 e. The predicted octanol–water partition coefficient (Wildman–Crippen LogP) is 4.65. The number of carbonyl (C=O) groups is 2. The van der Waals surface area contributed by atoms with E-state index in [4.69, 9.17) is 21.1 Å². The molecule has 0 bridgehead atoms. The lowest BCUT2D eigenvalue weighted by Gasteiger charge is -2.14. The molecule has 1 heterocycles. The van der Waals surface area contributed by atoms with Gasteiger partial charge in [-0.2, -0.15) is 0 Å². The molecule has 27 heavy (non-hydrogen) atoms. The maximum Gasteiger partial charge on any atom is 0.312 e. The molecule has 5 nitrogen and oxygen atoms in total. The molecule has 6 heteroatoms. The van der Waals surface area contributed by atoms with Crippen LogP contribution in [0.1, 0.15) is 40.0 Å². The number of hydrogen-bond acceptors (Lipinski definition) is 4. The molecule has 0 saturated carbocycles. The third-order valence-electron chi connectivity index (χ3n) is 4.70. The van der Waals surface area contributed by atoms with Gasteiger partial charge in [0.2, 0.25) is 0 Å². The molecule has 3 aromatic rings. The fourth-order valence-electron chi connectivity index (χ4n) is 3.40. The van der Waals surface area contributed by atoms with Crippen LogP contribution < -0.4 is 4.74 Å². The normalized spacial score (nSPS) is 12.0. The first-order valence-electron chi connectivity index (χ1n) is 8.46. The molecule has 0 aliphatic heterocycles. The Morgan fingerprint density at radius 1 is 1.07 bits per heavy atom. The third-order valence-corrected chi connectivity index (χ3v) is 4.96. The second-order valence-corrected chi connectivity index (χ2v) is 6.75. The van der Waals surface area contributed by atoms with E-state index < -0.39 is 5.92 Å². The van der Waals surface area contributed by atoms with Crippen LogP contribution in [0.2, 0.25) is 5.02 Å². The molecule has 0 radical (unpaired) electrons. The summed E-state index contributed by atoms with van der Waals surface area (Å²) in [5.41, 5.74) is 3.19. The first kappa shape index (κ1) is 19.0. The highest BCUT2D eigenvalue weighted by molar-refractivity contribution is 6.30. The summed E-state index contributed by atoms with van der Waals surface area (Å²) >= 11 is 5.94. The maximum atomic E-state index is 13.3. The number of halogens is 1. The Morgan fingerprint density at radius 2 is 1.74 bits per heavy atom. The Labute approximate surface area is 162 Å². The van der Waals surface area contributed by atoms with Crippen LogP contribution in [0.4, 0.5) is 0 Å². The minimum absolute atomic E-state index is 0.202. The number of aryl methyl sites for hydroxylation is 1. The number of esters is 1. The lowest BCUT2D eigenvalue weighted by Crippen LogP contribution is -2.13. The molecule has 0 aliphatic carbocycles. The molecule has 2 aromatic carbocycles. The van der Waals surface area contributed by atoms with Crippen molar-refractivity contribution in [3.63, 3.8) is 0 Å². The second kappa shape index (κ2) is 7.45. The van der Waals surface area contributed by atoms with Crippen molar-refractivity contribution < 1.29 is 19.1 Å². The highest BCUT2D eigenvalue weighted by Crippen LogP contribution is 2.37. The number of ether oxygens (including phenoxy) is 2. The van der Waals surface area contributed by atoms with E-state index in [2.05, 4.69) is 4.98 Å². The molecule has 0 amide bonds. The zero-order valence-corrected chi connectivity index (χ0v) is 16.3. The number of benzene rings is 2. The van der Waals surface area contributed by atoms with Crippen LogP contribution in [0.25, 0.3) is 10.9 Å². The average Bonchev–Trinajstić information content (AvgIpc) is 3.01. The zero-order chi connectivity index (χ0) is 19.7. The van der Waals surface area contributed by atoms with Gasteiger partial charge in [-0.3, -0.25) is 9.59 Å². The summed E-state index contributed by atoms with van der Waals surface area (Å²) in [4.78, 5) is 28.8. The molecular weight excluding hydrogens is 366 g/mol. The van der Waals surface area contributed by atoms with Gasteiger partial charge >= 0.3 is 5.97 Å². The van der Waals surface area contributed by atoms with Crippen LogP contribution in [0, 0.1) is 6.92 Å². The highest BCUT2D eigenvalue weighted by atomic mass is 35.5. The van der Waals surface area contributed by atoms with E-state index in [0.717, 1.165) is 16.8 Å². The van der Waals surface area contributed by atoms with Crippen LogP contribution in [-0.2, 0) is 9.53 Å². The summed E-state index contributed by atoms with van der Waals surface area (Å²) in [6.07, 6.45) is 0. The van der Waals surface area contributed by atoms with Gasteiger partial charge in [0.15, 0.2) is 5.78 Å². The van der Waals surface area contributed by atoms with Crippen LogP contribution >= 0.6 is 11.6 Å². The van der Waals surface area contributed by atoms with E-state index in [1.165, 1.54) is 14.2 Å². The van der Waals surface area contributed by atoms with Gasteiger partial charge < -0.3 is 14.5 Å². The topological polar surface area (TPSA) is 68.4 Å². The fraction of sp³-hybridized carbons (Fsp3) is 0.238. The molecule has 3 rings (SSSR count). The largest absolute Gasteiger partial charge is 0.496 e. The minimum atomic E-state index is -0.535. The highest BCUT2D eigenvalue weighted by Gasteiger charge is 2.28. The number of aromatic nitrogens is 1. The molecule has 1 aromatic heterocycles. The van der Waals surface area contributed by atoms with Gasteiger partial charge in [-0.05, 0) is 55.8 Å². The maximum absolute atomic E-state index is 13.3. The van der Waals surface area contributed by atoms with E-state index >= 15 is 0 Å². The molecule has 1 atom stereocenters. The Kier molecular flexibility index (Phi) is 5.24. The van der Waals surface area contributed by atoms with Crippen LogP contribution in [0.3, 0.4) is 0 Å². The summed E-state index contributed by atoms with van der Waals surface area (Å²) < 4.78 is 10.4. The number of aromatic amines is 1. The molecule has 140 valence electrons. The van der Waals surface area contributed by atoms with E-state index in [9.17, 15) is 9.59 Å². The Balaban J connectivity index is 2.31. The number of carbonyl (C=O) groups excluding carboxylic acids is 2. The lowest BCUT2D eigenvalue weighted by molar-refractivity contribution is -0.141. The average molecular weight is 386 g/mol. The summed E-state index contributed by atoms with van der Waals surface area (Å²) in [7, 11) is 2.87. The van der Waals surface area contributed by atoms with Crippen LogP contribution in [0.5, 0.6) is 5.75 Å². The number of methoxy groups -OCH3 is 2.